The predicted octanol–water partition coefficient (Wildman–Crippen LogP) is 2.30. The van der Waals surface area contributed by atoms with Crippen molar-refractivity contribution in [3.8, 4) is 5.75 Å². The second kappa shape index (κ2) is 3.28. The van der Waals surface area contributed by atoms with E-state index in [1.807, 2.05) is 0 Å². The molecule has 2 radical (unpaired) electrons. The molecule has 0 saturated heterocycles. The van der Waals surface area contributed by atoms with Crippen LogP contribution in [-0.4, -0.2) is 16.2 Å². The van der Waals surface area contributed by atoms with Crippen LogP contribution in [0.3, 0.4) is 0 Å². The van der Waals surface area contributed by atoms with Gasteiger partial charge in [-0.3, -0.25) is 0 Å². The summed E-state index contributed by atoms with van der Waals surface area (Å²) in [5.74, 6) is -1.39. The molecule has 0 bridgehead atoms. The molecule has 3 heteroatoms. The first kappa shape index (κ1) is 9.52. The molecule has 0 saturated carbocycles. The van der Waals surface area contributed by atoms with Gasteiger partial charge in [-0.1, -0.05) is 18.2 Å². The molecule has 2 aromatic rings. The molecule has 0 heterocycles. The summed E-state index contributed by atoms with van der Waals surface area (Å²) in [6.07, 6.45) is 0. The summed E-state index contributed by atoms with van der Waals surface area (Å²) in [4.78, 5) is 10.8. The highest BCUT2D eigenvalue weighted by atomic mass is 16.4. The Bertz CT molecular complexity index is 544. The van der Waals surface area contributed by atoms with Gasteiger partial charge < -0.3 is 10.2 Å². The Kier molecular flexibility index (Phi) is 2.08. The second-order valence-electron chi connectivity index (χ2n) is 3.28. The van der Waals surface area contributed by atoms with Crippen LogP contribution in [0.4, 0.5) is 0 Å². The molecule has 74 valence electrons. The lowest BCUT2D eigenvalue weighted by atomic mass is 10.0. The van der Waals surface area contributed by atoms with Gasteiger partial charge in [-0.25, -0.2) is 4.79 Å². The van der Waals surface area contributed by atoms with Crippen LogP contribution in [0.1, 0.15) is 15.9 Å². The SMILES string of the molecule is [CH]c1ccc2cc(O)c(C(=O)O)cc2c1. The normalized spacial score (nSPS) is 10.5. The summed E-state index contributed by atoms with van der Waals surface area (Å²) in [6.45, 7) is 5.58. The van der Waals surface area contributed by atoms with Gasteiger partial charge in [0.25, 0.3) is 0 Å². The fourth-order valence-corrected chi connectivity index (χ4v) is 1.48. The molecule has 0 unspecified atom stereocenters. The predicted molar refractivity (Wildman–Crippen MR) is 56.0 cm³/mol. The smallest absolute Gasteiger partial charge is 0.339 e. The van der Waals surface area contributed by atoms with E-state index in [1.165, 1.54) is 12.1 Å². The average molecular weight is 200 g/mol. The van der Waals surface area contributed by atoms with E-state index in [4.69, 9.17) is 12.0 Å². The molecule has 0 amide bonds. The molecule has 0 atom stereocenters. The van der Waals surface area contributed by atoms with E-state index in [0.717, 1.165) is 5.39 Å². The van der Waals surface area contributed by atoms with E-state index in [0.29, 0.717) is 10.9 Å². The number of carboxylic acid groups (broad SMARTS) is 1. The fraction of sp³-hybridized carbons (Fsp3) is 0. The summed E-state index contributed by atoms with van der Waals surface area (Å²) >= 11 is 0. The van der Waals surface area contributed by atoms with Crippen molar-refractivity contribution < 1.29 is 15.0 Å². The van der Waals surface area contributed by atoms with Crippen LogP contribution in [0.25, 0.3) is 10.8 Å². The van der Waals surface area contributed by atoms with Gasteiger partial charge in [0.1, 0.15) is 11.3 Å². The Morgan fingerprint density at radius 1 is 1.13 bits per heavy atom. The van der Waals surface area contributed by atoms with E-state index < -0.39 is 5.97 Å². The van der Waals surface area contributed by atoms with E-state index in [-0.39, 0.29) is 11.3 Å². The molecule has 15 heavy (non-hydrogen) atoms. The van der Waals surface area contributed by atoms with Crippen LogP contribution >= 0.6 is 0 Å². The van der Waals surface area contributed by atoms with Crippen molar-refractivity contribution in [3.05, 3.63) is 48.4 Å². The number of phenols is 1. The number of carboxylic acids is 1. The maximum atomic E-state index is 10.8. The molecule has 0 aliphatic heterocycles. The zero-order valence-electron chi connectivity index (χ0n) is 7.77. The first-order valence-corrected chi connectivity index (χ1v) is 4.33. The Balaban J connectivity index is 2.77. The van der Waals surface area contributed by atoms with Gasteiger partial charge in [0.2, 0.25) is 0 Å². The third kappa shape index (κ3) is 1.64. The van der Waals surface area contributed by atoms with Gasteiger partial charge in [0.15, 0.2) is 0 Å². The van der Waals surface area contributed by atoms with Crippen molar-refractivity contribution >= 4 is 16.7 Å². The Morgan fingerprint density at radius 2 is 1.87 bits per heavy atom. The van der Waals surface area contributed by atoms with E-state index in [1.54, 1.807) is 18.2 Å². The van der Waals surface area contributed by atoms with Crippen LogP contribution in [0.5, 0.6) is 5.75 Å². The third-order valence-electron chi connectivity index (χ3n) is 2.21. The molecule has 0 aromatic heterocycles. The standard InChI is InChI=1S/C12H8O3/c1-7-2-3-8-6-11(13)10(12(14)15)5-9(8)4-7/h1-6,13H,(H,14,15). The topological polar surface area (TPSA) is 57.5 Å². The second-order valence-corrected chi connectivity index (χ2v) is 3.28. The third-order valence-corrected chi connectivity index (χ3v) is 2.21. The minimum atomic E-state index is -1.16. The van der Waals surface area contributed by atoms with Crippen molar-refractivity contribution in [1.29, 1.82) is 0 Å². The first-order valence-electron chi connectivity index (χ1n) is 4.33. The van der Waals surface area contributed by atoms with Gasteiger partial charge >= 0.3 is 5.97 Å². The maximum Gasteiger partial charge on any atom is 0.339 e. The lowest BCUT2D eigenvalue weighted by molar-refractivity contribution is 0.0694. The largest absolute Gasteiger partial charge is 0.507 e. The summed E-state index contributed by atoms with van der Waals surface area (Å²) in [6, 6.07) is 7.92. The number of benzene rings is 2. The highest BCUT2D eigenvalue weighted by molar-refractivity contribution is 5.97. The summed E-state index contributed by atoms with van der Waals surface area (Å²) < 4.78 is 0. The quantitative estimate of drug-likeness (QED) is 0.742. The van der Waals surface area contributed by atoms with Crippen molar-refractivity contribution in [1.82, 2.24) is 0 Å². The van der Waals surface area contributed by atoms with E-state index in [2.05, 4.69) is 0 Å². The summed E-state index contributed by atoms with van der Waals surface area (Å²) in [5, 5.41) is 19.7. The zero-order valence-corrected chi connectivity index (χ0v) is 7.77. The molecule has 2 rings (SSSR count). The summed E-state index contributed by atoms with van der Waals surface area (Å²) in [7, 11) is 0. The van der Waals surface area contributed by atoms with Crippen LogP contribution < -0.4 is 0 Å². The van der Waals surface area contributed by atoms with Crippen molar-refractivity contribution in [3.63, 3.8) is 0 Å². The molecule has 3 nitrogen and oxygen atoms in total. The van der Waals surface area contributed by atoms with Crippen molar-refractivity contribution in [2.24, 2.45) is 0 Å². The minimum absolute atomic E-state index is 0.117. The highest BCUT2D eigenvalue weighted by Crippen LogP contribution is 2.25. The van der Waals surface area contributed by atoms with Crippen molar-refractivity contribution in [2.45, 2.75) is 0 Å². The molecule has 2 aromatic carbocycles. The number of aromatic hydroxyl groups is 1. The van der Waals surface area contributed by atoms with Gasteiger partial charge in [-0.05, 0) is 35.4 Å². The number of fused-ring (bicyclic) bond motifs is 1. The Labute approximate surface area is 86.6 Å². The monoisotopic (exact) mass is 200 g/mol. The maximum absolute atomic E-state index is 10.8. The Hall–Kier alpha value is -2.03. The number of carbonyl (C=O) groups is 1. The van der Waals surface area contributed by atoms with Gasteiger partial charge in [0.05, 0.1) is 0 Å². The number of aromatic carboxylic acids is 1. The van der Waals surface area contributed by atoms with E-state index in [9.17, 15) is 9.90 Å². The fourth-order valence-electron chi connectivity index (χ4n) is 1.48. The van der Waals surface area contributed by atoms with Crippen LogP contribution in [0, 0.1) is 6.92 Å². The molecule has 0 aliphatic carbocycles. The molecular formula is C12H8O3. The molecule has 0 fully saturated rings. The summed E-state index contributed by atoms with van der Waals surface area (Å²) in [5.41, 5.74) is 0.442. The average Bonchev–Trinajstić information content (AvgIpc) is 2.17. The van der Waals surface area contributed by atoms with Gasteiger partial charge in [0, 0.05) is 0 Å². The molecular weight excluding hydrogens is 192 g/mol. The first-order chi connectivity index (χ1) is 7.08. The minimum Gasteiger partial charge on any atom is -0.507 e. The van der Waals surface area contributed by atoms with Gasteiger partial charge in [-0.2, -0.15) is 0 Å². The highest BCUT2D eigenvalue weighted by Gasteiger charge is 2.10. The van der Waals surface area contributed by atoms with Crippen LogP contribution in [0.15, 0.2) is 30.3 Å². The zero-order chi connectivity index (χ0) is 11.0. The van der Waals surface area contributed by atoms with Gasteiger partial charge in [-0.15, -0.1) is 0 Å². The number of rotatable bonds is 1. The lowest BCUT2D eigenvalue weighted by Gasteiger charge is -2.03. The molecule has 2 N–H and O–H groups in total. The molecule has 0 aliphatic rings. The Morgan fingerprint density at radius 3 is 2.53 bits per heavy atom. The number of hydrogen-bond donors (Lipinski definition) is 2. The van der Waals surface area contributed by atoms with Crippen LogP contribution in [-0.2, 0) is 0 Å². The molecule has 0 spiro atoms. The number of hydrogen-bond acceptors (Lipinski definition) is 2. The van der Waals surface area contributed by atoms with Crippen molar-refractivity contribution in [2.75, 3.05) is 0 Å². The van der Waals surface area contributed by atoms with Crippen LogP contribution in [0.2, 0.25) is 0 Å². The lowest BCUT2D eigenvalue weighted by Crippen LogP contribution is -1.96. The van der Waals surface area contributed by atoms with E-state index >= 15 is 0 Å².